The molecule has 2 aromatic rings. The third kappa shape index (κ3) is 2.88. The van der Waals surface area contributed by atoms with E-state index in [1.165, 1.54) is 16.6 Å². The Balaban J connectivity index is 2.01. The Labute approximate surface area is 140 Å². The summed E-state index contributed by atoms with van der Waals surface area (Å²) in [5, 5.41) is 34.1. The highest BCUT2D eigenvalue weighted by Crippen LogP contribution is 2.42. The number of anilines is 1. The third-order valence-corrected chi connectivity index (χ3v) is 4.38. The number of aliphatic hydroxyl groups excluding tert-OH is 2. The van der Waals surface area contributed by atoms with Crippen molar-refractivity contribution in [3.63, 3.8) is 0 Å². The van der Waals surface area contributed by atoms with Crippen molar-refractivity contribution in [3.8, 4) is 6.07 Å². The lowest BCUT2D eigenvalue weighted by molar-refractivity contribution is -0.0635. The van der Waals surface area contributed by atoms with Crippen LogP contribution in [0.1, 0.15) is 5.69 Å². The number of fused-ring (bicyclic) bond motifs is 1. The first-order chi connectivity index (χ1) is 11.7. The van der Waals surface area contributed by atoms with Gasteiger partial charge in [-0.15, -0.1) is 0 Å². The number of nitrogens with two attached hydrogens (primary N) is 1. The van der Waals surface area contributed by atoms with Crippen LogP contribution in [0.25, 0.3) is 5.52 Å². The molecule has 6 N–H and O–H groups in total. The molecule has 0 radical (unpaired) electrons. The Kier molecular flexibility index (Phi) is 4.26. The SMILES string of the molecule is N#C[C@@]1(c2ccc3c(N)ncnn23)O[C@H](COP(=O)(O)O)C(O)[C@@H]1O. The molecular formula is C12H14N5O7P. The number of ether oxygens (including phenoxy) is 1. The van der Waals surface area contributed by atoms with Crippen LogP contribution in [0, 0.1) is 11.3 Å². The molecule has 0 bridgehead atoms. The Morgan fingerprint density at radius 3 is 2.84 bits per heavy atom. The highest BCUT2D eigenvalue weighted by molar-refractivity contribution is 7.46. The highest BCUT2D eigenvalue weighted by atomic mass is 31.2. The second-order valence-electron chi connectivity index (χ2n) is 5.39. The molecule has 3 heterocycles. The number of hydrogen-bond donors (Lipinski definition) is 5. The van der Waals surface area contributed by atoms with Crippen molar-refractivity contribution in [2.24, 2.45) is 0 Å². The van der Waals surface area contributed by atoms with Gasteiger partial charge in [0.25, 0.3) is 0 Å². The molecule has 0 aromatic carbocycles. The number of phosphoric ester groups is 1. The zero-order valence-electron chi connectivity index (χ0n) is 12.5. The van der Waals surface area contributed by atoms with E-state index in [1.54, 1.807) is 6.07 Å². The van der Waals surface area contributed by atoms with E-state index in [0.29, 0.717) is 5.52 Å². The smallest absolute Gasteiger partial charge is 0.387 e. The zero-order valence-corrected chi connectivity index (χ0v) is 13.4. The molecule has 4 atom stereocenters. The van der Waals surface area contributed by atoms with Gasteiger partial charge in [-0.25, -0.2) is 14.1 Å². The first kappa shape index (κ1) is 17.7. The summed E-state index contributed by atoms with van der Waals surface area (Å²) in [5.74, 6) is 0.128. The lowest BCUT2D eigenvalue weighted by atomic mass is 9.92. The minimum absolute atomic E-state index is 0.0735. The number of hydrogen-bond acceptors (Lipinski definition) is 9. The van der Waals surface area contributed by atoms with Crippen molar-refractivity contribution in [3.05, 3.63) is 24.2 Å². The van der Waals surface area contributed by atoms with Gasteiger partial charge in [0.15, 0.2) is 5.82 Å². The van der Waals surface area contributed by atoms with Gasteiger partial charge in [-0.3, -0.25) is 4.52 Å². The number of nitriles is 1. The van der Waals surface area contributed by atoms with E-state index < -0.39 is 38.3 Å². The van der Waals surface area contributed by atoms with Crippen molar-refractivity contribution in [1.82, 2.24) is 14.6 Å². The summed E-state index contributed by atoms with van der Waals surface area (Å²) >= 11 is 0. The van der Waals surface area contributed by atoms with Gasteiger partial charge in [-0.1, -0.05) is 0 Å². The Bertz CT molecular complexity index is 892. The van der Waals surface area contributed by atoms with Crippen LogP contribution >= 0.6 is 7.82 Å². The average molecular weight is 371 g/mol. The fraction of sp³-hybridized carbons (Fsp3) is 0.417. The third-order valence-electron chi connectivity index (χ3n) is 3.89. The van der Waals surface area contributed by atoms with E-state index in [1.807, 2.05) is 0 Å². The van der Waals surface area contributed by atoms with Crippen molar-refractivity contribution >= 4 is 19.2 Å². The van der Waals surface area contributed by atoms with Crippen LogP contribution < -0.4 is 5.73 Å². The van der Waals surface area contributed by atoms with E-state index in [-0.39, 0.29) is 11.5 Å². The fourth-order valence-corrected chi connectivity index (χ4v) is 3.06. The van der Waals surface area contributed by atoms with Crippen LogP contribution in [0.3, 0.4) is 0 Å². The molecule has 12 nitrogen and oxygen atoms in total. The van der Waals surface area contributed by atoms with E-state index in [2.05, 4.69) is 14.6 Å². The fourth-order valence-electron chi connectivity index (χ4n) is 2.72. The number of nitrogen functional groups attached to an aromatic ring is 1. The predicted molar refractivity (Wildman–Crippen MR) is 79.6 cm³/mol. The number of nitrogens with zero attached hydrogens (tertiary/aromatic N) is 4. The molecule has 13 heteroatoms. The quantitative estimate of drug-likeness (QED) is 0.382. The molecule has 134 valence electrons. The maximum atomic E-state index is 10.8. The number of phosphoric acid groups is 1. The largest absolute Gasteiger partial charge is 0.469 e. The van der Waals surface area contributed by atoms with E-state index >= 15 is 0 Å². The highest BCUT2D eigenvalue weighted by Gasteiger charge is 2.57. The molecule has 1 aliphatic rings. The van der Waals surface area contributed by atoms with Crippen molar-refractivity contribution < 1.29 is 33.8 Å². The van der Waals surface area contributed by atoms with Gasteiger partial charge in [-0.2, -0.15) is 10.4 Å². The van der Waals surface area contributed by atoms with Crippen LogP contribution in [-0.2, 0) is 19.4 Å². The van der Waals surface area contributed by atoms with Crippen LogP contribution in [0.15, 0.2) is 18.5 Å². The van der Waals surface area contributed by atoms with Crippen molar-refractivity contribution in [1.29, 1.82) is 5.26 Å². The molecule has 0 aliphatic carbocycles. The summed E-state index contributed by atoms with van der Waals surface area (Å²) in [6, 6.07) is 4.72. The van der Waals surface area contributed by atoms with Crippen LogP contribution in [0.4, 0.5) is 5.82 Å². The first-order valence-corrected chi connectivity index (χ1v) is 8.46. The maximum Gasteiger partial charge on any atom is 0.469 e. The van der Waals surface area contributed by atoms with Crippen molar-refractivity contribution in [2.75, 3.05) is 12.3 Å². The molecule has 1 unspecified atom stereocenters. The van der Waals surface area contributed by atoms with Gasteiger partial charge in [0, 0.05) is 0 Å². The lowest BCUT2D eigenvalue weighted by Crippen LogP contribution is -2.41. The summed E-state index contributed by atoms with van der Waals surface area (Å²) in [6.07, 6.45) is -3.57. The normalized spacial score (nSPS) is 29.8. The molecule has 1 fully saturated rings. The molecule has 0 saturated carbocycles. The van der Waals surface area contributed by atoms with E-state index in [4.69, 9.17) is 20.3 Å². The molecule has 25 heavy (non-hydrogen) atoms. The maximum absolute atomic E-state index is 10.8. The average Bonchev–Trinajstić information content (AvgIpc) is 3.08. The summed E-state index contributed by atoms with van der Waals surface area (Å²) in [4.78, 5) is 21.3. The van der Waals surface area contributed by atoms with Gasteiger partial charge < -0.3 is 30.5 Å². The number of aliphatic hydroxyl groups is 2. The van der Waals surface area contributed by atoms with Crippen LogP contribution in [0.2, 0.25) is 0 Å². The second kappa shape index (κ2) is 6.01. The molecular weight excluding hydrogens is 357 g/mol. The molecule has 0 amide bonds. The molecule has 1 aliphatic heterocycles. The van der Waals surface area contributed by atoms with Gasteiger partial charge in [0.2, 0.25) is 5.60 Å². The predicted octanol–water partition coefficient (Wildman–Crippen LogP) is -1.74. The van der Waals surface area contributed by atoms with Gasteiger partial charge in [-0.05, 0) is 12.1 Å². The number of rotatable bonds is 4. The Hall–Kier alpha value is -2.10. The van der Waals surface area contributed by atoms with Gasteiger partial charge >= 0.3 is 7.82 Å². The Morgan fingerprint density at radius 2 is 2.20 bits per heavy atom. The summed E-state index contributed by atoms with van der Waals surface area (Å²) in [5.41, 5.74) is 4.10. The molecule has 1 saturated heterocycles. The molecule has 2 aromatic heterocycles. The van der Waals surface area contributed by atoms with Crippen LogP contribution in [0.5, 0.6) is 0 Å². The zero-order chi connectivity index (χ0) is 18.4. The second-order valence-corrected chi connectivity index (χ2v) is 6.63. The topological polar surface area (TPSA) is 196 Å². The molecule has 3 rings (SSSR count). The Morgan fingerprint density at radius 1 is 1.48 bits per heavy atom. The standard InChI is InChI=1S/C12H14N5O7P/c13-4-12(8-2-1-6-11(14)15-5-16-17(6)8)10(19)9(18)7(24-12)3-23-25(20,21)22/h1-2,5,7,9-10,18-19H,3H2,(H2,14,15,16)(H2,20,21,22)/t7-,9?,10+,12+/m1/s1. The minimum atomic E-state index is -4.82. The van der Waals surface area contributed by atoms with E-state index in [9.17, 15) is 20.0 Å². The monoisotopic (exact) mass is 371 g/mol. The molecule has 0 spiro atoms. The van der Waals surface area contributed by atoms with Gasteiger partial charge in [0.05, 0.1) is 12.3 Å². The lowest BCUT2D eigenvalue weighted by Gasteiger charge is -2.24. The first-order valence-electron chi connectivity index (χ1n) is 6.93. The van der Waals surface area contributed by atoms with E-state index in [0.717, 1.165) is 6.33 Å². The number of aromatic nitrogens is 3. The summed E-state index contributed by atoms with van der Waals surface area (Å²) in [6.45, 7) is -0.730. The van der Waals surface area contributed by atoms with Gasteiger partial charge in [0.1, 0.15) is 36.2 Å². The summed E-state index contributed by atoms with van der Waals surface area (Å²) in [7, 11) is -4.82. The van der Waals surface area contributed by atoms with Crippen LogP contribution in [-0.4, -0.2) is 59.5 Å². The summed E-state index contributed by atoms with van der Waals surface area (Å²) < 4.78 is 21.8. The minimum Gasteiger partial charge on any atom is -0.387 e. The van der Waals surface area contributed by atoms with Crippen molar-refractivity contribution in [2.45, 2.75) is 23.9 Å².